The highest BCUT2D eigenvalue weighted by Gasteiger charge is 2.32. The third kappa shape index (κ3) is 5.12. The number of aliphatic hydroxyl groups is 1. The second-order valence-electron chi connectivity index (χ2n) is 9.57. The van der Waals surface area contributed by atoms with Crippen molar-refractivity contribution in [3.63, 3.8) is 0 Å². The van der Waals surface area contributed by atoms with E-state index in [2.05, 4.69) is 51.1 Å². The van der Waals surface area contributed by atoms with Gasteiger partial charge in [0.2, 0.25) is 0 Å². The van der Waals surface area contributed by atoms with Gasteiger partial charge < -0.3 is 9.84 Å². The van der Waals surface area contributed by atoms with Crippen LogP contribution in [0.5, 0.6) is 5.75 Å². The van der Waals surface area contributed by atoms with E-state index in [0.717, 1.165) is 37.1 Å². The molecule has 4 unspecified atom stereocenters. The molecule has 1 heterocycles. The number of hydrogen-bond acceptors (Lipinski definition) is 4. The zero-order chi connectivity index (χ0) is 22.7. The van der Waals surface area contributed by atoms with Crippen molar-refractivity contribution in [1.82, 2.24) is 0 Å². The Bertz CT molecular complexity index is 985. The van der Waals surface area contributed by atoms with E-state index in [0.29, 0.717) is 31.1 Å². The second kappa shape index (κ2) is 9.99. The molecular formula is C28H35NO3. The fraction of sp³-hybridized carbons (Fsp3) is 0.500. The van der Waals surface area contributed by atoms with Crippen molar-refractivity contribution in [1.29, 1.82) is 0 Å². The molecule has 0 spiro atoms. The van der Waals surface area contributed by atoms with Crippen molar-refractivity contribution in [2.24, 2.45) is 16.8 Å². The number of carbonyl (C=O) groups is 1. The van der Waals surface area contributed by atoms with Crippen molar-refractivity contribution in [2.75, 3.05) is 6.61 Å². The normalized spacial score (nSPS) is 27.5. The van der Waals surface area contributed by atoms with Gasteiger partial charge in [0.05, 0.1) is 18.8 Å². The summed E-state index contributed by atoms with van der Waals surface area (Å²) in [6.07, 6.45) is 16.6. The summed E-state index contributed by atoms with van der Waals surface area (Å²) in [7, 11) is 0. The maximum absolute atomic E-state index is 11.9. The lowest BCUT2D eigenvalue weighted by Crippen LogP contribution is -2.37. The van der Waals surface area contributed by atoms with Gasteiger partial charge in [-0.1, -0.05) is 30.4 Å². The average Bonchev–Trinajstić information content (AvgIpc) is 2.80. The summed E-state index contributed by atoms with van der Waals surface area (Å²) >= 11 is 0. The lowest BCUT2D eigenvalue weighted by Gasteiger charge is -2.31. The van der Waals surface area contributed by atoms with Crippen molar-refractivity contribution in [3.8, 4) is 5.75 Å². The largest absolute Gasteiger partial charge is 0.493 e. The molecule has 4 atom stereocenters. The standard InChI is InChI=1S/C28H35NO3/c1-18-14-27(32-17-21-8-5-4-6-9-21)20(3)19(2)25(18)16-23-12-13-26(31)28(29-23)22-10-7-11-24(30)15-22/h4-6,8,12-14,21-22,26,28,31H,7,9-11,15-17H2,1-3H3. The minimum Gasteiger partial charge on any atom is -0.493 e. The van der Waals surface area contributed by atoms with Crippen LogP contribution in [0.15, 0.2) is 47.5 Å². The number of ether oxygens (including phenoxy) is 1. The van der Waals surface area contributed by atoms with E-state index in [-0.39, 0.29) is 12.0 Å². The summed E-state index contributed by atoms with van der Waals surface area (Å²) in [4.78, 5) is 16.9. The molecular weight excluding hydrogens is 398 g/mol. The van der Waals surface area contributed by atoms with Gasteiger partial charge >= 0.3 is 0 Å². The van der Waals surface area contributed by atoms with Gasteiger partial charge in [0.1, 0.15) is 11.5 Å². The van der Waals surface area contributed by atoms with Crippen molar-refractivity contribution in [2.45, 2.75) is 71.4 Å². The first-order chi connectivity index (χ1) is 15.4. The molecule has 1 aromatic carbocycles. The molecule has 0 saturated heterocycles. The Morgan fingerprint density at radius 1 is 1.16 bits per heavy atom. The van der Waals surface area contributed by atoms with Crippen LogP contribution in [0.2, 0.25) is 0 Å². The van der Waals surface area contributed by atoms with E-state index in [1.54, 1.807) is 0 Å². The molecule has 170 valence electrons. The van der Waals surface area contributed by atoms with Crippen LogP contribution < -0.4 is 4.74 Å². The lowest BCUT2D eigenvalue weighted by molar-refractivity contribution is -0.121. The molecule has 1 aromatic rings. The number of rotatable bonds is 6. The van der Waals surface area contributed by atoms with Gasteiger partial charge in [-0.2, -0.15) is 0 Å². The number of carbonyl (C=O) groups excluding carboxylic acids is 1. The second-order valence-corrected chi connectivity index (χ2v) is 9.57. The molecule has 0 bridgehead atoms. The molecule has 0 radical (unpaired) electrons. The molecule has 0 amide bonds. The zero-order valence-electron chi connectivity index (χ0n) is 19.5. The van der Waals surface area contributed by atoms with Crippen LogP contribution in [0.25, 0.3) is 0 Å². The molecule has 4 heteroatoms. The van der Waals surface area contributed by atoms with Crippen LogP contribution in [0.4, 0.5) is 0 Å². The summed E-state index contributed by atoms with van der Waals surface area (Å²) in [5, 5.41) is 10.5. The maximum atomic E-state index is 11.9. The van der Waals surface area contributed by atoms with Gasteiger partial charge in [0.15, 0.2) is 0 Å². The Balaban J connectivity index is 1.49. The average molecular weight is 434 g/mol. The Morgan fingerprint density at radius 3 is 2.75 bits per heavy atom. The lowest BCUT2D eigenvalue weighted by atomic mass is 9.80. The van der Waals surface area contributed by atoms with E-state index < -0.39 is 6.10 Å². The summed E-state index contributed by atoms with van der Waals surface area (Å²) in [6.45, 7) is 7.11. The highest BCUT2D eigenvalue weighted by atomic mass is 16.5. The predicted octanol–water partition coefficient (Wildman–Crippen LogP) is 5.17. The quantitative estimate of drug-likeness (QED) is 0.674. The number of allylic oxidation sites excluding steroid dienone is 4. The molecule has 1 saturated carbocycles. The van der Waals surface area contributed by atoms with Gasteiger partial charge in [-0.05, 0) is 80.3 Å². The maximum Gasteiger partial charge on any atom is 0.133 e. The molecule has 1 N–H and O–H groups in total. The Hall–Kier alpha value is -2.46. The van der Waals surface area contributed by atoms with Crippen molar-refractivity contribution < 1.29 is 14.6 Å². The molecule has 1 fully saturated rings. The number of benzene rings is 1. The molecule has 0 aromatic heterocycles. The van der Waals surface area contributed by atoms with E-state index in [1.807, 2.05) is 12.2 Å². The van der Waals surface area contributed by atoms with Crippen molar-refractivity contribution >= 4 is 11.5 Å². The number of aliphatic imine (C=N–C) groups is 1. The Labute approximate surface area is 191 Å². The van der Waals surface area contributed by atoms with Crippen LogP contribution in [-0.2, 0) is 11.2 Å². The fourth-order valence-electron chi connectivity index (χ4n) is 5.13. The molecule has 4 rings (SSSR count). The summed E-state index contributed by atoms with van der Waals surface area (Å²) in [5.41, 5.74) is 5.88. The Morgan fingerprint density at radius 2 is 2.00 bits per heavy atom. The summed E-state index contributed by atoms with van der Waals surface area (Å²) in [6, 6.07) is 1.94. The first kappa shape index (κ1) is 22.7. The highest BCUT2D eigenvalue weighted by molar-refractivity contribution is 5.98. The van der Waals surface area contributed by atoms with Gasteiger partial charge in [0.25, 0.3) is 0 Å². The number of ketones is 1. The van der Waals surface area contributed by atoms with Gasteiger partial charge in [-0.15, -0.1) is 0 Å². The van der Waals surface area contributed by atoms with Crippen LogP contribution >= 0.6 is 0 Å². The van der Waals surface area contributed by atoms with Gasteiger partial charge in [0, 0.05) is 30.9 Å². The van der Waals surface area contributed by atoms with E-state index in [9.17, 15) is 9.90 Å². The first-order valence-electron chi connectivity index (χ1n) is 11.9. The zero-order valence-corrected chi connectivity index (χ0v) is 19.5. The summed E-state index contributed by atoms with van der Waals surface area (Å²) in [5.74, 6) is 1.84. The number of hydrogen-bond donors (Lipinski definition) is 1. The number of aryl methyl sites for hydroxylation is 1. The van der Waals surface area contributed by atoms with Crippen LogP contribution in [0.3, 0.4) is 0 Å². The summed E-state index contributed by atoms with van der Waals surface area (Å²) < 4.78 is 6.21. The number of Topliss-reactive ketones (excluding diaryl/α,β-unsaturated/α-hetero) is 1. The van der Waals surface area contributed by atoms with E-state index >= 15 is 0 Å². The molecule has 1 aliphatic heterocycles. The third-order valence-electron chi connectivity index (χ3n) is 7.24. The Kier molecular flexibility index (Phi) is 7.10. The minimum absolute atomic E-state index is 0.148. The number of dihydropyridines is 1. The molecule has 4 nitrogen and oxygen atoms in total. The monoisotopic (exact) mass is 433 g/mol. The fourth-order valence-corrected chi connectivity index (χ4v) is 5.13. The minimum atomic E-state index is -0.599. The smallest absolute Gasteiger partial charge is 0.133 e. The molecule has 2 aliphatic carbocycles. The van der Waals surface area contributed by atoms with E-state index in [1.165, 1.54) is 22.3 Å². The topological polar surface area (TPSA) is 58.9 Å². The highest BCUT2D eigenvalue weighted by Crippen LogP contribution is 2.32. The first-order valence-corrected chi connectivity index (χ1v) is 11.9. The number of aliphatic hydroxyl groups excluding tert-OH is 1. The van der Waals surface area contributed by atoms with Gasteiger partial charge in [-0.3, -0.25) is 9.79 Å². The van der Waals surface area contributed by atoms with Crippen molar-refractivity contribution in [3.05, 3.63) is 64.8 Å². The van der Waals surface area contributed by atoms with Crippen LogP contribution in [0, 0.1) is 32.6 Å². The van der Waals surface area contributed by atoms with Crippen LogP contribution in [-0.4, -0.2) is 35.4 Å². The SMILES string of the molecule is Cc1cc(OCC2C=CC=CC2)c(C)c(C)c1CC1=NC(C2CCCC(=O)C2)C(O)C=C1. The van der Waals surface area contributed by atoms with Crippen LogP contribution in [0.1, 0.15) is 54.4 Å². The third-order valence-corrected chi connectivity index (χ3v) is 7.24. The van der Waals surface area contributed by atoms with Gasteiger partial charge in [-0.25, -0.2) is 0 Å². The predicted molar refractivity (Wildman–Crippen MR) is 130 cm³/mol. The molecule has 32 heavy (non-hydrogen) atoms. The molecule has 3 aliphatic rings. The van der Waals surface area contributed by atoms with E-state index in [4.69, 9.17) is 9.73 Å². The number of nitrogens with zero attached hydrogens (tertiary/aromatic N) is 1.